The number of anilines is 2. The summed E-state index contributed by atoms with van der Waals surface area (Å²) < 4.78 is 2.04. The van der Waals surface area contributed by atoms with Crippen LogP contribution in [0, 0.1) is 6.92 Å². The minimum absolute atomic E-state index is 0.123. The van der Waals surface area contributed by atoms with E-state index >= 15 is 0 Å². The summed E-state index contributed by atoms with van der Waals surface area (Å²) in [5, 5.41) is 0.687. The van der Waals surface area contributed by atoms with Crippen LogP contribution in [0.4, 0.5) is 11.4 Å². The third-order valence-electron chi connectivity index (χ3n) is 5.85. The predicted molar refractivity (Wildman–Crippen MR) is 141 cm³/mol. The van der Waals surface area contributed by atoms with E-state index in [1.165, 1.54) is 0 Å². The van der Waals surface area contributed by atoms with Gasteiger partial charge in [-0.05, 0) is 67.6 Å². The van der Waals surface area contributed by atoms with Crippen molar-refractivity contribution < 1.29 is 4.79 Å². The van der Waals surface area contributed by atoms with Gasteiger partial charge in [-0.2, -0.15) is 0 Å². The van der Waals surface area contributed by atoms with Crippen LogP contribution in [0.3, 0.4) is 0 Å². The third kappa shape index (κ3) is 4.72. The van der Waals surface area contributed by atoms with E-state index in [0.29, 0.717) is 16.3 Å². The van der Waals surface area contributed by atoms with Crippen LogP contribution in [0.2, 0.25) is 5.02 Å². The molecule has 0 saturated carbocycles. The Bertz CT molecular complexity index is 1460. The number of rotatable bonds is 6. The molecule has 0 unspecified atom stereocenters. The fourth-order valence-electron chi connectivity index (χ4n) is 3.94. The van der Waals surface area contributed by atoms with Crippen LogP contribution in [0.15, 0.2) is 103 Å². The average Bonchev–Trinajstić information content (AvgIpc) is 3.30. The van der Waals surface area contributed by atoms with Gasteiger partial charge in [0.2, 0.25) is 5.78 Å². The SMILES string of the molecule is Cc1cn(-c2ccc(C(=O)c3ccc(N(C)c4ccc(Cl)cc4)cn3)cc2)c(-c2ccccc2)n1. The summed E-state index contributed by atoms with van der Waals surface area (Å²) in [6.07, 6.45) is 3.70. The highest BCUT2D eigenvalue weighted by Crippen LogP contribution is 2.26. The topological polar surface area (TPSA) is 51.0 Å². The van der Waals surface area contributed by atoms with Crippen LogP contribution in [0.5, 0.6) is 0 Å². The summed E-state index contributed by atoms with van der Waals surface area (Å²) in [5.41, 5.74) is 5.74. The number of ketones is 1. The summed E-state index contributed by atoms with van der Waals surface area (Å²) >= 11 is 5.98. The lowest BCUT2D eigenvalue weighted by Crippen LogP contribution is -2.11. The van der Waals surface area contributed by atoms with E-state index in [2.05, 4.69) is 9.97 Å². The van der Waals surface area contributed by atoms with Crippen molar-refractivity contribution in [1.29, 1.82) is 0 Å². The third-order valence-corrected chi connectivity index (χ3v) is 6.10. The van der Waals surface area contributed by atoms with Crippen LogP contribution in [-0.2, 0) is 0 Å². The molecule has 3 aromatic carbocycles. The number of aromatic nitrogens is 3. The molecule has 0 amide bonds. The zero-order valence-electron chi connectivity index (χ0n) is 19.4. The van der Waals surface area contributed by atoms with E-state index in [0.717, 1.165) is 34.1 Å². The number of hydrogen-bond acceptors (Lipinski definition) is 4. The number of carbonyl (C=O) groups is 1. The molecule has 35 heavy (non-hydrogen) atoms. The monoisotopic (exact) mass is 478 g/mol. The van der Waals surface area contributed by atoms with Gasteiger partial charge in [-0.3, -0.25) is 14.3 Å². The molecule has 0 aliphatic rings. The number of aryl methyl sites for hydroxylation is 1. The lowest BCUT2D eigenvalue weighted by atomic mass is 10.1. The Morgan fingerprint density at radius 1 is 0.857 bits per heavy atom. The van der Waals surface area contributed by atoms with Crippen LogP contribution < -0.4 is 4.90 Å². The van der Waals surface area contributed by atoms with Gasteiger partial charge in [0.15, 0.2) is 0 Å². The molecule has 5 aromatic rings. The molecule has 0 N–H and O–H groups in total. The van der Waals surface area contributed by atoms with Crippen molar-refractivity contribution in [3.63, 3.8) is 0 Å². The number of carbonyl (C=O) groups excluding carboxylic acids is 1. The zero-order valence-corrected chi connectivity index (χ0v) is 20.1. The van der Waals surface area contributed by atoms with Crippen molar-refractivity contribution in [3.8, 4) is 17.1 Å². The average molecular weight is 479 g/mol. The molecule has 0 fully saturated rings. The lowest BCUT2D eigenvalue weighted by molar-refractivity contribution is 0.103. The first-order valence-electron chi connectivity index (χ1n) is 11.2. The molecular formula is C29H23ClN4O. The van der Waals surface area contributed by atoms with Gasteiger partial charge in [0.25, 0.3) is 0 Å². The second-order valence-corrected chi connectivity index (χ2v) is 8.69. The number of halogens is 1. The first-order chi connectivity index (χ1) is 17.0. The fourth-order valence-corrected chi connectivity index (χ4v) is 4.07. The van der Waals surface area contributed by atoms with E-state index in [4.69, 9.17) is 11.6 Å². The summed E-state index contributed by atoms with van der Waals surface area (Å²) in [7, 11) is 1.95. The van der Waals surface area contributed by atoms with Crippen LogP contribution >= 0.6 is 11.6 Å². The van der Waals surface area contributed by atoms with Crippen molar-refractivity contribution in [2.24, 2.45) is 0 Å². The van der Waals surface area contributed by atoms with Crippen molar-refractivity contribution in [1.82, 2.24) is 14.5 Å². The Labute approximate surface area is 209 Å². The molecule has 2 aromatic heterocycles. The highest BCUT2D eigenvalue weighted by molar-refractivity contribution is 6.30. The second-order valence-electron chi connectivity index (χ2n) is 8.25. The molecular weight excluding hydrogens is 456 g/mol. The fraction of sp³-hybridized carbons (Fsp3) is 0.0690. The molecule has 172 valence electrons. The Hall–Kier alpha value is -4.22. The Kier molecular flexibility index (Phi) is 6.17. The standard InChI is InChI=1S/C29H23ClN4O/c1-20-19-34(29(32-20)22-6-4-3-5-7-22)25-12-8-21(9-13-25)28(35)27-17-16-26(18-31-27)33(2)24-14-10-23(30)11-15-24/h3-19H,1-2H3. The molecule has 2 heterocycles. The van der Waals surface area contributed by atoms with Crippen molar-refractivity contribution in [2.45, 2.75) is 6.92 Å². The van der Waals surface area contributed by atoms with Gasteiger partial charge in [0, 0.05) is 40.8 Å². The van der Waals surface area contributed by atoms with Gasteiger partial charge in [-0.25, -0.2) is 4.98 Å². The minimum atomic E-state index is -0.123. The normalized spacial score (nSPS) is 10.8. The van der Waals surface area contributed by atoms with E-state index < -0.39 is 0 Å². The first kappa shape index (κ1) is 22.6. The maximum atomic E-state index is 13.1. The van der Waals surface area contributed by atoms with Gasteiger partial charge in [0.1, 0.15) is 11.5 Å². The van der Waals surface area contributed by atoms with Gasteiger partial charge in [0.05, 0.1) is 17.6 Å². The largest absolute Gasteiger partial charge is 0.343 e. The number of hydrogen-bond donors (Lipinski definition) is 0. The molecule has 6 heteroatoms. The number of pyridine rings is 1. The predicted octanol–water partition coefficient (Wildman–Crippen LogP) is 6.90. The molecule has 0 saturated heterocycles. The highest BCUT2D eigenvalue weighted by Gasteiger charge is 2.14. The van der Waals surface area contributed by atoms with Gasteiger partial charge >= 0.3 is 0 Å². The minimum Gasteiger partial charge on any atom is -0.343 e. The maximum absolute atomic E-state index is 13.1. The van der Waals surface area contributed by atoms with Gasteiger partial charge < -0.3 is 4.90 Å². The van der Waals surface area contributed by atoms with Crippen LogP contribution in [0.1, 0.15) is 21.7 Å². The van der Waals surface area contributed by atoms with Crippen molar-refractivity contribution in [2.75, 3.05) is 11.9 Å². The summed E-state index contributed by atoms with van der Waals surface area (Å²) in [4.78, 5) is 24.2. The highest BCUT2D eigenvalue weighted by atomic mass is 35.5. The number of imidazole rings is 1. The van der Waals surface area contributed by atoms with Crippen molar-refractivity contribution in [3.05, 3.63) is 125 Å². The lowest BCUT2D eigenvalue weighted by Gasteiger charge is -2.19. The zero-order chi connectivity index (χ0) is 24.4. The molecule has 0 radical (unpaired) electrons. The van der Waals surface area contributed by atoms with E-state index in [1.807, 2.05) is 115 Å². The summed E-state index contributed by atoms with van der Waals surface area (Å²) in [6, 6.07) is 28.8. The van der Waals surface area contributed by atoms with Gasteiger partial charge in [-0.15, -0.1) is 0 Å². The maximum Gasteiger partial charge on any atom is 0.211 e. The summed E-state index contributed by atoms with van der Waals surface area (Å²) in [6.45, 7) is 1.97. The van der Waals surface area contributed by atoms with Gasteiger partial charge in [-0.1, -0.05) is 41.9 Å². The number of nitrogens with zero attached hydrogens (tertiary/aromatic N) is 4. The number of benzene rings is 3. The van der Waals surface area contributed by atoms with E-state index in [9.17, 15) is 4.79 Å². The molecule has 0 bridgehead atoms. The smallest absolute Gasteiger partial charge is 0.211 e. The molecule has 0 spiro atoms. The molecule has 0 aliphatic carbocycles. The Morgan fingerprint density at radius 3 is 2.20 bits per heavy atom. The second kappa shape index (κ2) is 9.57. The molecule has 0 aliphatic heterocycles. The molecule has 5 rings (SSSR count). The van der Waals surface area contributed by atoms with E-state index in [-0.39, 0.29) is 5.78 Å². The molecule has 0 atom stereocenters. The quantitative estimate of drug-likeness (QED) is 0.249. The van der Waals surface area contributed by atoms with Crippen LogP contribution in [0.25, 0.3) is 17.1 Å². The summed E-state index contributed by atoms with van der Waals surface area (Å²) in [5.74, 6) is 0.742. The molecule has 5 nitrogen and oxygen atoms in total. The first-order valence-corrected chi connectivity index (χ1v) is 11.6. The van der Waals surface area contributed by atoms with Crippen LogP contribution in [-0.4, -0.2) is 27.4 Å². The Balaban J connectivity index is 1.36. The Morgan fingerprint density at radius 2 is 1.54 bits per heavy atom. The van der Waals surface area contributed by atoms with E-state index in [1.54, 1.807) is 12.3 Å². The van der Waals surface area contributed by atoms with Crippen molar-refractivity contribution >= 4 is 28.8 Å².